The molecule has 0 bridgehead atoms. The fourth-order valence-electron chi connectivity index (χ4n) is 3.15. The molecule has 1 aromatic carbocycles. The van der Waals surface area contributed by atoms with Crippen molar-refractivity contribution in [2.75, 3.05) is 7.11 Å². The fourth-order valence-corrected chi connectivity index (χ4v) is 3.15. The van der Waals surface area contributed by atoms with Crippen molar-refractivity contribution >= 4 is 6.03 Å². The zero-order chi connectivity index (χ0) is 17.8. The van der Waals surface area contributed by atoms with Gasteiger partial charge in [0.15, 0.2) is 5.82 Å². The monoisotopic (exact) mass is 343 g/mol. The molecule has 2 heterocycles. The van der Waals surface area contributed by atoms with Gasteiger partial charge < -0.3 is 19.9 Å². The van der Waals surface area contributed by atoms with Crippen molar-refractivity contribution in [1.29, 1.82) is 0 Å². The number of hydrogen-bond acceptors (Lipinski definition) is 4. The minimum Gasteiger partial charge on any atom is -0.496 e. The van der Waals surface area contributed by atoms with Crippen LogP contribution in [0.5, 0.6) is 5.75 Å². The number of nitrogens with one attached hydrogen (secondary N) is 2. The van der Waals surface area contributed by atoms with Crippen LogP contribution in [0.15, 0.2) is 24.3 Å². The van der Waals surface area contributed by atoms with Gasteiger partial charge in [0.1, 0.15) is 11.6 Å². The van der Waals surface area contributed by atoms with Gasteiger partial charge in [-0.05, 0) is 18.4 Å². The topological polar surface area (TPSA) is 81.1 Å². The number of rotatable bonds is 6. The van der Waals surface area contributed by atoms with Crippen LogP contribution in [-0.2, 0) is 19.5 Å². The fraction of sp³-hybridized carbons (Fsp3) is 0.500. The summed E-state index contributed by atoms with van der Waals surface area (Å²) in [6, 6.07) is 7.25. The second-order valence-corrected chi connectivity index (χ2v) is 6.59. The average molecular weight is 343 g/mol. The van der Waals surface area contributed by atoms with Gasteiger partial charge in [-0.25, -0.2) is 4.79 Å². The third-order valence-corrected chi connectivity index (χ3v) is 4.50. The number of benzene rings is 1. The normalized spacial score (nSPS) is 14.2. The van der Waals surface area contributed by atoms with Crippen molar-refractivity contribution in [2.24, 2.45) is 5.92 Å². The summed E-state index contributed by atoms with van der Waals surface area (Å²) in [4.78, 5) is 12.4. The highest BCUT2D eigenvalue weighted by molar-refractivity contribution is 5.74. The maximum absolute atomic E-state index is 12.4. The first kappa shape index (κ1) is 17.3. The number of amides is 2. The highest BCUT2D eigenvalue weighted by atomic mass is 16.5. The highest BCUT2D eigenvalue weighted by Gasteiger charge is 2.27. The van der Waals surface area contributed by atoms with E-state index in [-0.39, 0.29) is 18.0 Å². The number of aryl methyl sites for hydroxylation is 1. The lowest BCUT2D eigenvalue weighted by Gasteiger charge is -2.22. The van der Waals surface area contributed by atoms with Crippen LogP contribution in [0.3, 0.4) is 0 Å². The number of nitrogens with zero attached hydrogens (tertiary/aromatic N) is 3. The van der Waals surface area contributed by atoms with Crippen molar-refractivity contribution in [1.82, 2.24) is 25.4 Å². The minimum atomic E-state index is -0.222. The molecule has 2 aromatic rings. The number of aromatic nitrogens is 3. The Bertz CT molecular complexity index is 741. The van der Waals surface area contributed by atoms with E-state index in [9.17, 15) is 4.79 Å². The molecule has 0 aliphatic carbocycles. The molecule has 1 aromatic heterocycles. The smallest absolute Gasteiger partial charge is 0.315 e. The molecule has 1 aliphatic rings. The van der Waals surface area contributed by atoms with E-state index in [1.807, 2.05) is 24.3 Å². The van der Waals surface area contributed by atoms with Gasteiger partial charge in [0.25, 0.3) is 0 Å². The number of carbonyl (C=O) groups excluding carboxylic acids is 1. The predicted molar refractivity (Wildman–Crippen MR) is 94.3 cm³/mol. The Morgan fingerprint density at radius 3 is 2.88 bits per heavy atom. The van der Waals surface area contributed by atoms with Gasteiger partial charge in [0.2, 0.25) is 0 Å². The molecule has 1 unspecified atom stereocenters. The molecule has 0 saturated heterocycles. The van der Waals surface area contributed by atoms with Crippen molar-refractivity contribution in [3.8, 4) is 5.75 Å². The maximum Gasteiger partial charge on any atom is 0.315 e. The Labute approximate surface area is 147 Å². The van der Waals surface area contributed by atoms with Crippen LogP contribution in [0.25, 0.3) is 0 Å². The molecular weight excluding hydrogens is 318 g/mol. The van der Waals surface area contributed by atoms with E-state index in [0.717, 1.165) is 42.3 Å². The molecule has 1 atom stereocenters. The number of ether oxygens (including phenoxy) is 1. The number of urea groups is 1. The summed E-state index contributed by atoms with van der Waals surface area (Å²) >= 11 is 0. The van der Waals surface area contributed by atoms with Gasteiger partial charge in [-0.3, -0.25) is 0 Å². The molecular formula is C18H25N5O2. The summed E-state index contributed by atoms with van der Waals surface area (Å²) in [7, 11) is 1.62. The predicted octanol–water partition coefficient (Wildman–Crippen LogP) is 2.43. The van der Waals surface area contributed by atoms with Crippen LogP contribution in [0, 0.1) is 5.92 Å². The van der Waals surface area contributed by atoms with Gasteiger partial charge >= 0.3 is 6.03 Å². The van der Waals surface area contributed by atoms with E-state index in [1.54, 1.807) is 7.11 Å². The zero-order valence-corrected chi connectivity index (χ0v) is 15.0. The third-order valence-electron chi connectivity index (χ3n) is 4.50. The summed E-state index contributed by atoms with van der Waals surface area (Å²) in [6.07, 6.45) is 2.04. The highest BCUT2D eigenvalue weighted by Crippen LogP contribution is 2.24. The van der Waals surface area contributed by atoms with Crippen LogP contribution in [-0.4, -0.2) is 27.9 Å². The maximum atomic E-state index is 12.4. The zero-order valence-electron chi connectivity index (χ0n) is 15.0. The molecule has 0 radical (unpaired) electrons. The molecule has 2 N–H and O–H groups in total. The number of para-hydroxylation sites is 1. The molecule has 134 valence electrons. The van der Waals surface area contributed by atoms with Gasteiger partial charge in [0, 0.05) is 25.1 Å². The molecule has 0 spiro atoms. The van der Waals surface area contributed by atoms with Crippen molar-refractivity contribution in [2.45, 2.75) is 45.8 Å². The molecule has 7 nitrogen and oxygen atoms in total. The second-order valence-electron chi connectivity index (χ2n) is 6.59. The van der Waals surface area contributed by atoms with Crippen LogP contribution >= 0.6 is 0 Å². The third kappa shape index (κ3) is 3.75. The summed E-state index contributed by atoms with van der Waals surface area (Å²) < 4.78 is 7.44. The molecule has 0 saturated carbocycles. The van der Waals surface area contributed by atoms with Crippen LogP contribution in [0.4, 0.5) is 4.79 Å². The second kappa shape index (κ2) is 7.55. The van der Waals surface area contributed by atoms with E-state index in [0.29, 0.717) is 6.54 Å². The molecule has 25 heavy (non-hydrogen) atoms. The van der Waals surface area contributed by atoms with Crippen molar-refractivity contribution < 1.29 is 9.53 Å². The lowest BCUT2D eigenvalue weighted by Crippen LogP contribution is -2.40. The average Bonchev–Trinajstić information content (AvgIpc) is 3.21. The summed E-state index contributed by atoms with van der Waals surface area (Å²) in [5, 5.41) is 14.5. The van der Waals surface area contributed by atoms with E-state index >= 15 is 0 Å². The van der Waals surface area contributed by atoms with E-state index in [2.05, 4.69) is 39.2 Å². The first-order valence-corrected chi connectivity index (χ1v) is 8.68. The molecule has 7 heteroatoms. The molecule has 0 fully saturated rings. The minimum absolute atomic E-state index is 0.169. The Balaban J connectivity index is 1.65. The van der Waals surface area contributed by atoms with Gasteiger partial charge in [-0.1, -0.05) is 32.0 Å². The Kier molecular flexibility index (Phi) is 5.21. The lowest BCUT2D eigenvalue weighted by molar-refractivity contribution is 0.231. The van der Waals surface area contributed by atoms with Crippen LogP contribution in [0.1, 0.15) is 43.5 Å². The van der Waals surface area contributed by atoms with E-state index < -0.39 is 0 Å². The lowest BCUT2D eigenvalue weighted by atomic mass is 10.0. The van der Waals surface area contributed by atoms with Crippen molar-refractivity contribution in [3.05, 3.63) is 41.5 Å². The SMILES string of the molecule is COc1ccccc1CNC(=O)NC(c1nnc2n1CCC2)C(C)C. The Morgan fingerprint density at radius 2 is 2.12 bits per heavy atom. The first-order chi connectivity index (χ1) is 12.1. The van der Waals surface area contributed by atoms with Crippen LogP contribution in [0.2, 0.25) is 0 Å². The van der Waals surface area contributed by atoms with Gasteiger partial charge in [-0.2, -0.15) is 0 Å². The largest absolute Gasteiger partial charge is 0.496 e. The van der Waals surface area contributed by atoms with E-state index in [1.165, 1.54) is 0 Å². The number of carbonyl (C=O) groups is 1. The molecule has 2 amide bonds. The Morgan fingerprint density at radius 1 is 1.32 bits per heavy atom. The van der Waals surface area contributed by atoms with Crippen molar-refractivity contribution in [3.63, 3.8) is 0 Å². The van der Waals surface area contributed by atoms with E-state index in [4.69, 9.17) is 4.74 Å². The first-order valence-electron chi connectivity index (χ1n) is 8.68. The standard InChI is InChI=1S/C18H25N5O2/c1-12(2)16(17-22-21-15-9-6-10-23(15)17)20-18(24)19-11-13-7-4-5-8-14(13)25-3/h4-5,7-8,12,16H,6,9-11H2,1-3H3,(H2,19,20,24). The summed E-state index contributed by atoms with van der Waals surface area (Å²) in [5.74, 6) is 2.83. The number of fused-ring (bicyclic) bond motifs is 1. The number of methoxy groups -OCH3 is 1. The van der Waals surface area contributed by atoms with Gasteiger partial charge in [0.05, 0.1) is 13.2 Å². The van der Waals surface area contributed by atoms with Crippen LogP contribution < -0.4 is 15.4 Å². The quantitative estimate of drug-likeness (QED) is 0.844. The molecule has 1 aliphatic heterocycles. The molecule has 3 rings (SSSR count). The number of hydrogen-bond donors (Lipinski definition) is 2. The summed E-state index contributed by atoms with van der Waals surface area (Å²) in [5.41, 5.74) is 0.935. The summed E-state index contributed by atoms with van der Waals surface area (Å²) in [6.45, 7) is 5.47. The Hall–Kier alpha value is -2.57. The van der Waals surface area contributed by atoms with Gasteiger partial charge in [-0.15, -0.1) is 10.2 Å².